The molecule has 5 nitrogen and oxygen atoms in total. The maximum atomic E-state index is 12.0. The number of carbonyl (C=O) groups is 1. The largest absolute Gasteiger partial charge is 0.482 e. The van der Waals surface area contributed by atoms with Crippen molar-refractivity contribution in [1.82, 2.24) is 0 Å². The van der Waals surface area contributed by atoms with Gasteiger partial charge in [0.2, 0.25) is 0 Å². The van der Waals surface area contributed by atoms with Crippen molar-refractivity contribution in [3.8, 4) is 22.9 Å². The quantitative estimate of drug-likeness (QED) is 0.924. The van der Waals surface area contributed by atoms with Gasteiger partial charge in [-0.05, 0) is 31.5 Å². The molecule has 0 bridgehead atoms. The molecule has 2 heterocycles. The molecular weight excluding hydrogens is 298 g/mol. The van der Waals surface area contributed by atoms with Gasteiger partial charge in [0.15, 0.2) is 6.61 Å². The summed E-state index contributed by atoms with van der Waals surface area (Å²) in [6, 6.07) is 7.81. The molecule has 0 spiro atoms. The van der Waals surface area contributed by atoms with Gasteiger partial charge in [0.25, 0.3) is 5.91 Å². The molecule has 1 aromatic heterocycles. The normalized spacial score (nSPS) is 13.5. The van der Waals surface area contributed by atoms with Crippen molar-refractivity contribution in [2.24, 2.45) is 0 Å². The van der Waals surface area contributed by atoms with E-state index in [0.29, 0.717) is 22.9 Å². The molecule has 2 aromatic rings. The lowest BCUT2D eigenvalue weighted by molar-refractivity contribution is -0.121. The van der Waals surface area contributed by atoms with Gasteiger partial charge in [0.1, 0.15) is 16.8 Å². The number of aryl methyl sites for hydroxylation is 1. The number of fused-ring (bicyclic) bond motifs is 1. The summed E-state index contributed by atoms with van der Waals surface area (Å²) >= 11 is 1.40. The molecule has 0 saturated heterocycles. The van der Waals surface area contributed by atoms with Gasteiger partial charge in [-0.1, -0.05) is 6.07 Å². The van der Waals surface area contributed by atoms with Crippen molar-refractivity contribution < 1.29 is 9.53 Å². The SMILES string of the molecule is CCN1C(=O)COc2ccc(-c3c(C)sc(N)c3C#N)cc21. The Hall–Kier alpha value is -2.52. The average molecular weight is 313 g/mol. The van der Waals surface area contributed by atoms with Crippen LogP contribution >= 0.6 is 11.3 Å². The number of nitrogens with two attached hydrogens (primary N) is 1. The van der Waals surface area contributed by atoms with Crippen LogP contribution in [0.5, 0.6) is 5.75 Å². The van der Waals surface area contributed by atoms with Crippen LogP contribution in [0.4, 0.5) is 10.7 Å². The summed E-state index contributed by atoms with van der Waals surface area (Å²) in [5.74, 6) is 0.624. The molecule has 0 aliphatic carbocycles. The van der Waals surface area contributed by atoms with Crippen molar-refractivity contribution in [1.29, 1.82) is 5.26 Å². The van der Waals surface area contributed by atoms with Crippen LogP contribution in [-0.2, 0) is 4.79 Å². The Labute approximate surface area is 132 Å². The molecule has 0 unspecified atom stereocenters. The zero-order valence-corrected chi connectivity index (χ0v) is 13.2. The Morgan fingerprint density at radius 1 is 1.50 bits per heavy atom. The second-order valence-corrected chi connectivity index (χ2v) is 6.25. The molecule has 112 valence electrons. The molecule has 0 fully saturated rings. The molecule has 2 N–H and O–H groups in total. The summed E-state index contributed by atoms with van der Waals surface area (Å²) in [5, 5.41) is 9.86. The van der Waals surface area contributed by atoms with E-state index >= 15 is 0 Å². The number of nitrogens with zero attached hydrogens (tertiary/aromatic N) is 2. The number of nitriles is 1. The van der Waals surface area contributed by atoms with E-state index in [0.717, 1.165) is 21.7 Å². The van der Waals surface area contributed by atoms with Crippen LogP contribution in [0.2, 0.25) is 0 Å². The highest BCUT2D eigenvalue weighted by Crippen LogP contribution is 2.41. The average Bonchev–Trinajstić information content (AvgIpc) is 2.80. The number of carbonyl (C=O) groups excluding carboxylic acids is 1. The number of benzene rings is 1. The number of nitrogen functional groups attached to an aromatic ring is 1. The van der Waals surface area contributed by atoms with Crippen LogP contribution in [0.25, 0.3) is 11.1 Å². The highest BCUT2D eigenvalue weighted by molar-refractivity contribution is 7.16. The maximum Gasteiger partial charge on any atom is 0.265 e. The van der Waals surface area contributed by atoms with Gasteiger partial charge >= 0.3 is 0 Å². The van der Waals surface area contributed by atoms with E-state index in [4.69, 9.17) is 10.5 Å². The summed E-state index contributed by atoms with van der Waals surface area (Å²) < 4.78 is 5.47. The standard InChI is InChI=1S/C16H15N3O2S/c1-3-19-12-6-10(4-5-13(12)21-8-14(19)20)15-9(2)22-16(18)11(15)7-17/h4-6H,3,8,18H2,1-2H3. The van der Waals surface area contributed by atoms with E-state index in [9.17, 15) is 10.1 Å². The highest BCUT2D eigenvalue weighted by Gasteiger charge is 2.25. The van der Waals surface area contributed by atoms with E-state index in [1.807, 2.05) is 32.0 Å². The van der Waals surface area contributed by atoms with Gasteiger partial charge in [0.05, 0.1) is 11.3 Å². The second-order valence-electron chi connectivity index (χ2n) is 4.99. The second kappa shape index (κ2) is 5.35. The molecule has 0 atom stereocenters. The molecule has 0 saturated carbocycles. The maximum absolute atomic E-state index is 12.0. The first-order chi connectivity index (χ1) is 10.6. The van der Waals surface area contributed by atoms with Crippen LogP contribution in [0.1, 0.15) is 17.4 Å². The third kappa shape index (κ3) is 2.11. The third-order valence-electron chi connectivity index (χ3n) is 3.73. The van der Waals surface area contributed by atoms with Crippen LogP contribution in [0.3, 0.4) is 0 Å². The summed E-state index contributed by atoms with van der Waals surface area (Å²) in [6.45, 7) is 4.51. The van der Waals surface area contributed by atoms with E-state index in [2.05, 4.69) is 6.07 Å². The molecule has 1 aromatic carbocycles. The predicted octanol–water partition coefficient (Wildman–Crippen LogP) is 2.92. The lowest BCUT2D eigenvalue weighted by atomic mass is 10.0. The Balaban J connectivity index is 2.18. The molecule has 0 radical (unpaired) electrons. The number of thiophene rings is 1. The van der Waals surface area contributed by atoms with Crippen LogP contribution in [-0.4, -0.2) is 19.1 Å². The Kier molecular flexibility index (Phi) is 3.51. The van der Waals surface area contributed by atoms with Crippen LogP contribution in [0, 0.1) is 18.3 Å². The minimum absolute atomic E-state index is 0.0609. The zero-order valence-electron chi connectivity index (χ0n) is 12.3. The van der Waals surface area contributed by atoms with Crippen molar-refractivity contribution in [3.63, 3.8) is 0 Å². The fourth-order valence-electron chi connectivity index (χ4n) is 2.73. The lowest BCUT2D eigenvalue weighted by Crippen LogP contribution is -2.38. The van der Waals surface area contributed by atoms with Gasteiger partial charge in [-0.3, -0.25) is 4.79 Å². The van der Waals surface area contributed by atoms with Gasteiger partial charge in [0, 0.05) is 17.0 Å². The number of ether oxygens (including phenoxy) is 1. The fraction of sp³-hybridized carbons (Fsp3) is 0.250. The molecule has 22 heavy (non-hydrogen) atoms. The summed E-state index contributed by atoms with van der Waals surface area (Å²) in [5.41, 5.74) is 8.85. The minimum atomic E-state index is -0.0609. The highest BCUT2D eigenvalue weighted by atomic mass is 32.1. The Morgan fingerprint density at radius 2 is 2.27 bits per heavy atom. The molecular formula is C16H15N3O2S. The summed E-state index contributed by atoms with van der Waals surface area (Å²) in [6.07, 6.45) is 0. The zero-order chi connectivity index (χ0) is 15.9. The van der Waals surface area contributed by atoms with E-state index in [1.54, 1.807) is 4.90 Å². The monoisotopic (exact) mass is 313 g/mol. The first-order valence-corrected chi connectivity index (χ1v) is 7.75. The number of anilines is 2. The topological polar surface area (TPSA) is 79.3 Å². The van der Waals surface area contributed by atoms with E-state index < -0.39 is 0 Å². The van der Waals surface area contributed by atoms with Crippen molar-refractivity contribution >= 4 is 27.9 Å². The van der Waals surface area contributed by atoms with Gasteiger partial charge < -0.3 is 15.4 Å². The van der Waals surface area contributed by atoms with Crippen molar-refractivity contribution in [2.45, 2.75) is 13.8 Å². The molecule has 1 amide bonds. The van der Waals surface area contributed by atoms with E-state index in [1.165, 1.54) is 11.3 Å². The van der Waals surface area contributed by atoms with Gasteiger partial charge in [-0.2, -0.15) is 5.26 Å². The van der Waals surface area contributed by atoms with Crippen LogP contribution < -0.4 is 15.4 Å². The number of amides is 1. The van der Waals surface area contributed by atoms with Crippen LogP contribution in [0.15, 0.2) is 18.2 Å². The smallest absolute Gasteiger partial charge is 0.265 e. The molecule has 3 rings (SSSR count). The first-order valence-electron chi connectivity index (χ1n) is 6.93. The Bertz CT molecular complexity index is 804. The fourth-order valence-corrected chi connectivity index (χ4v) is 3.63. The lowest BCUT2D eigenvalue weighted by Gasteiger charge is -2.28. The summed E-state index contributed by atoms with van der Waals surface area (Å²) in [4.78, 5) is 14.6. The first kappa shape index (κ1) is 14.4. The number of hydrogen-bond acceptors (Lipinski definition) is 5. The third-order valence-corrected chi connectivity index (χ3v) is 4.66. The van der Waals surface area contributed by atoms with Gasteiger partial charge in [-0.15, -0.1) is 11.3 Å². The van der Waals surface area contributed by atoms with Crippen molar-refractivity contribution in [2.75, 3.05) is 23.8 Å². The predicted molar refractivity (Wildman–Crippen MR) is 87.1 cm³/mol. The van der Waals surface area contributed by atoms with Crippen molar-refractivity contribution in [3.05, 3.63) is 28.6 Å². The molecule has 1 aliphatic heterocycles. The Morgan fingerprint density at radius 3 is 2.95 bits per heavy atom. The molecule has 6 heteroatoms. The minimum Gasteiger partial charge on any atom is -0.482 e. The molecule has 1 aliphatic rings. The van der Waals surface area contributed by atoms with E-state index in [-0.39, 0.29) is 12.5 Å². The van der Waals surface area contributed by atoms with Gasteiger partial charge in [-0.25, -0.2) is 0 Å². The number of rotatable bonds is 2. The number of likely N-dealkylation sites (N-methyl/N-ethyl adjacent to an activating group) is 1. The summed E-state index contributed by atoms with van der Waals surface area (Å²) in [7, 11) is 0. The number of hydrogen-bond donors (Lipinski definition) is 1.